The summed E-state index contributed by atoms with van der Waals surface area (Å²) in [5, 5.41) is 3.19. The van der Waals surface area contributed by atoms with Crippen molar-refractivity contribution in [2.24, 2.45) is 4.99 Å². The molecule has 0 aliphatic heterocycles. The van der Waals surface area contributed by atoms with Gasteiger partial charge in [-0.15, -0.1) is 0 Å². The van der Waals surface area contributed by atoms with E-state index in [1.807, 2.05) is 54.1 Å². The van der Waals surface area contributed by atoms with E-state index in [0.717, 1.165) is 5.56 Å². The van der Waals surface area contributed by atoms with Crippen LogP contribution in [0.15, 0.2) is 71.9 Å². The monoisotopic (exact) mass is 427 g/mol. The number of hydrogen-bond acceptors (Lipinski definition) is 2. The highest BCUT2D eigenvalue weighted by Gasteiger charge is 2.12. The minimum atomic E-state index is -0.465. The highest BCUT2D eigenvalue weighted by molar-refractivity contribution is 6.36. The molecule has 148 valence electrons. The molecule has 0 saturated carbocycles. The molecular formula is C22H19Cl2N3O2. The summed E-state index contributed by atoms with van der Waals surface area (Å²) >= 11 is 11.9. The fourth-order valence-electron chi connectivity index (χ4n) is 2.68. The second-order valence-corrected chi connectivity index (χ2v) is 7.33. The Kier molecular flexibility index (Phi) is 6.86. The smallest absolute Gasteiger partial charge is 0.267 e. The van der Waals surface area contributed by atoms with E-state index < -0.39 is 11.8 Å². The molecule has 2 amide bonds. The Morgan fingerprint density at radius 3 is 2.52 bits per heavy atom. The van der Waals surface area contributed by atoms with Crippen LogP contribution in [-0.4, -0.2) is 22.9 Å². The molecule has 0 atom stereocenters. The van der Waals surface area contributed by atoms with Gasteiger partial charge < -0.3 is 9.88 Å². The molecule has 0 saturated heterocycles. The van der Waals surface area contributed by atoms with Crippen LogP contribution < -0.4 is 10.8 Å². The number of carbonyl (C=O) groups excluding carboxylic acids is 2. The molecule has 3 aromatic rings. The highest BCUT2D eigenvalue weighted by Crippen LogP contribution is 2.20. The number of hydrogen-bond donors (Lipinski definition) is 1. The molecule has 1 N–H and O–H groups in total. The van der Waals surface area contributed by atoms with Crippen LogP contribution >= 0.6 is 23.2 Å². The predicted octanol–water partition coefficient (Wildman–Crippen LogP) is 4.01. The first-order valence-electron chi connectivity index (χ1n) is 8.94. The first-order valence-corrected chi connectivity index (χ1v) is 9.70. The Morgan fingerprint density at radius 2 is 1.79 bits per heavy atom. The molecule has 0 bridgehead atoms. The van der Waals surface area contributed by atoms with Gasteiger partial charge in [0.25, 0.3) is 11.8 Å². The van der Waals surface area contributed by atoms with Gasteiger partial charge in [0, 0.05) is 17.8 Å². The summed E-state index contributed by atoms with van der Waals surface area (Å²) in [6.07, 6.45) is 1.86. The van der Waals surface area contributed by atoms with Crippen LogP contribution in [0.1, 0.15) is 21.5 Å². The van der Waals surface area contributed by atoms with Crippen LogP contribution in [-0.2, 0) is 11.3 Å². The minimum absolute atomic E-state index is 0.221. The van der Waals surface area contributed by atoms with Crippen molar-refractivity contribution in [2.75, 3.05) is 6.54 Å². The number of amides is 2. The van der Waals surface area contributed by atoms with Gasteiger partial charge in [0.15, 0.2) is 0 Å². The third kappa shape index (κ3) is 5.79. The molecule has 3 rings (SSSR count). The molecule has 5 nitrogen and oxygen atoms in total. The zero-order chi connectivity index (χ0) is 20.8. The fourth-order valence-corrected chi connectivity index (χ4v) is 3.18. The number of rotatable bonds is 5. The van der Waals surface area contributed by atoms with E-state index in [-0.39, 0.29) is 17.1 Å². The first-order chi connectivity index (χ1) is 13.9. The van der Waals surface area contributed by atoms with Crippen molar-refractivity contribution >= 4 is 35.0 Å². The number of pyridine rings is 1. The van der Waals surface area contributed by atoms with E-state index in [0.29, 0.717) is 17.1 Å². The maximum absolute atomic E-state index is 12.3. The number of nitrogens with one attached hydrogen (secondary N) is 1. The molecule has 0 fully saturated rings. The van der Waals surface area contributed by atoms with Crippen LogP contribution in [0.2, 0.25) is 10.0 Å². The van der Waals surface area contributed by atoms with E-state index in [4.69, 9.17) is 23.2 Å². The molecule has 2 aromatic carbocycles. The zero-order valence-corrected chi connectivity index (χ0v) is 17.2. The van der Waals surface area contributed by atoms with Crippen molar-refractivity contribution in [3.8, 4) is 0 Å². The summed E-state index contributed by atoms with van der Waals surface area (Å²) in [5.74, 6) is -0.928. The second kappa shape index (κ2) is 9.54. The Hall–Kier alpha value is -2.89. The molecule has 1 aromatic heterocycles. The van der Waals surface area contributed by atoms with Gasteiger partial charge in [-0.05, 0) is 42.8 Å². The molecule has 0 aliphatic carbocycles. The van der Waals surface area contributed by atoms with E-state index in [2.05, 4.69) is 10.3 Å². The van der Waals surface area contributed by atoms with Gasteiger partial charge in [-0.1, -0.05) is 59.1 Å². The van der Waals surface area contributed by atoms with Gasteiger partial charge in [0.05, 0.1) is 17.1 Å². The molecule has 0 aliphatic rings. The van der Waals surface area contributed by atoms with Gasteiger partial charge in [0.2, 0.25) is 0 Å². The number of aromatic nitrogens is 1. The maximum atomic E-state index is 12.3. The number of benzene rings is 2. The van der Waals surface area contributed by atoms with Gasteiger partial charge in [-0.2, -0.15) is 4.99 Å². The predicted molar refractivity (Wildman–Crippen MR) is 114 cm³/mol. The summed E-state index contributed by atoms with van der Waals surface area (Å²) in [6, 6.07) is 18.1. The lowest BCUT2D eigenvalue weighted by molar-refractivity contribution is -0.117. The Balaban J connectivity index is 1.70. The van der Waals surface area contributed by atoms with E-state index in [1.54, 1.807) is 12.1 Å². The zero-order valence-electron chi connectivity index (χ0n) is 15.7. The number of aryl methyl sites for hydroxylation is 1. The second-order valence-electron chi connectivity index (χ2n) is 6.48. The average Bonchev–Trinajstić information content (AvgIpc) is 2.69. The van der Waals surface area contributed by atoms with E-state index >= 15 is 0 Å². The van der Waals surface area contributed by atoms with Crippen LogP contribution in [0, 0.1) is 6.92 Å². The van der Waals surface area contributed by atoms with Crippen molar-refractivity contribution in [2.45, 2.75) is 13.5 Å². The highest BCUT2D eigenvalue weighted by atomic mass is 35.5. The van der Waals surface area contributed by atoms with Crippen LogP contribution in [0.25, 0.3) is 0 Å². The molecular weight excluding hydrogens is 409 g/mol. The van der Waals surface area contributed by atoms with Crippen molar-refractivity contribution < 1.29 is 9.59 Å². The van der Waals surface area contributed by atoms with Gasteiger partial charge >= 0.3 is 0 Å². The van der Waals surface area contributed by atoms with Crippen LogP contribution in [0.3, 0.4) is 0 Å². The van der Waals surface area contributed by atoms with Gasteiger partial charge in [0.1, 0.15) is 5.49 Å². The quantitative estimate of drug-likeness (QED) is 0.668. The third-order valence-electron chi connectivity index (χ3n) is 4.21. The third-order valence-corrected chi connectivity index (χ3v) is 4.75. The summed E-state index contributed by atoms with van der Waals surface area (Å²) in [5.41, 5.74) is 3.04. The molecule has 7 heteroatoms. The van der Waals surface area contributed by atoms with Crippen molar-refractivity contribution in [1.29, 1.82) is 0 Å². The van der Waals surface area contributed by atoms with E-state index in [1.165, 1.54) is 17.7 Å². The Morgan fingerprint density at radius 1 is 1.03 bits per heavy atom. The number of halogens is 2. The molecule has 0 radical (unpaired) electrons. The molecule has 0 spiro atoms. The average molecular weight is 428 g/mol. The van der Waals surface area contributed by atoms with Crippen molar-refractivity contribution in [3.63, 3.8) is 0 Å². The molecule has 0 unspecified atom stereocenters. The van der Waals surface area contributed by atoms with Crippen molar-refractivity contribution in [1.82, 2.24) is 9.88 Å². The molecule has 29 heavy (non-hydrogen) atoms. The SMILES string of the molecule is Cc1ccc(Cn2ccccc2=NC(=O)CNC(=O)c2ccc(Cl)cc2Cl)cc1. The topological polar surface area (TPSA) is 63.5 Å². The number of nitrogens with zero attached hydrogens (tertiary/aromatic N) is 2. The summed E-state index contributed by atoms with van der Waals surface area (Å²) in [6.45, 7) is 2.38. The normalized spacial score (nSPS) is 11.3. The Labute approximate surface area is 178 Å². The van der Waals surface area contributed by atoms with Crippen LogP contribution in [0.5, 0.6) is 0 Å². The largest absolute Gasteiger partial charge is 0.343 e. The summed E-state index contributed by atoms with van der Waals surface area (Å²) < 4.78 is 1.88. The standard InChI is InChI=1S/C22H19Cl2N3O2/c1-15-5-7-16(8-6-15)14-27-11-3-2-4-20(27)26-21(28)13-25-22(29)18-10-9-17(23)12-19(18)24/h2-12H,13-14H2,1H3,(H,25,29). The van der Waals surface area contributed by atoms with Crippen LogP contribution in [0.4, 0.5) is 0 Å². The number of carbonyl (C=O) groups is 2. The Bertz CT molecular complexity index is 1110. The lowest BCUT2D eigenvalue weighted by Gasteiger charge is -2.08. The minimum Gasteiger partial charge on any atom is -0.343 e. The molecule has 1 heterocycles. The summed E-state index contributed by atoms with van der Waals surface area (Å²) in [4.78, 5) is 28.6. The summed E-state index contributed by atoms with van der Waals surface area (Å²) in [7, 11) is 0. The van der Waals surface area contributed by atoms with Gasteiger partial charge in [-0.3, -0.25) is 9.59 Å². The maximum Gasteiger partial charge on any atom is 0.267 e. The first kappa shape index (κ1) is 20.8. The lowest BCUT2D eigenvalue weighted by atomic mass is 10.1. The van der Waals surface area contributed by atoms with Gasteiger partial charge in [-0.25, -0.2) is 0 Å². The van der Waals surface area contributed by atoms with E-state index in [9.17, 15) is 9.59 Å². The fraction of sp³-hybridized carbons (Fsp3) is 0.136. The van der Waals surface area contributed by atoms with Crippen molar-refractivity contribution in [3.05, 3.63) is 99.1 Å². The lowest BCUT2D eigenvalue weighted by Crippen LogP contribution is -2.31.